The van der Waals surface area contributed by atoms with Crippen molar-refractivity contribution in [3.05, 3.63) is 82.3 Å². The molecule has 0 bridgehead atoms. The van der Waals surface area contributed by atoms with Gasteiger partial charge in [0.15, 0.2) is 17.6 Å². The van der Waals surface area contributed by atoms with Crippen molar-refractivity contribution < 1.29 is 24.1 Å². The quantitative estimate of drug-likeness (QED) is 0.377. The second-order valence-corrected chi connectivity index (χ2v) is 8.83. The highest BCUT2D eigenvalue weighted by Crippen LogP contribution is 2.45. The molecule has 9 heteroatoms. The van der Waals surface area contributed by atoms with Crippen LogP contribution >= 0.6 is 0 Å². The summed E-state index contributed by atoms with van der Waals surface area (Å²) in [6.45, 7) is 3.97. The standard InChI is InChI=1S/C27H19N3O6/c1-2-28-14-5-3-13(4-6-14)23-16-8-21-22(36-12-35-21)9-19(16)29-24-17(23)10-30-20(24)7-15-18(26(30)32)11-34-27(33)25(15)31/h2-9,25,28,31H,1,10-12H2/t25-/m0/s1. The van der Waals surface area contributed by atoms with E-state index in [9.17, 15) is 14.7 Å². The number of carbonyl (C=O) groups excluding carboxylic acids is 1. The zero-order valence-corrected chi connectivity index (χ0v) is 18.9. The number of benzene rings is 2. The fraction of sp³-hybridized carbons (Fsp3) is 0.148. The van der Waals surface area contributed by atoms with Crippen molar-refractivity contribution in [1.29, 1.82) is 0 Å². The molecule has 36 heavy (non-hydrogen) atoms. The summed E-state index contributed by atoms with van der Waals surface area (Å²) in [6.07, 6.45) is 0.109. The lowest BCUT2D eigenvalue weighted by Crippen LogP contribution is -2.32. The lowest BCUT2D eigenvalue weighted by atomic mass is 9.93. The molecule has 0 aliphatic carbocycles. The van der Waals surface area contributed by atoms with Crippen LogP contribution in [0, 0.1) is 0 Å². The van der Waals surface area contributed by atoms with Gasteiger partial charge in [0.25, 0.3) is 5.56 Å². The predicted molar refractivity (Wildman–Crippen MR) is 131 cm³/mol. The number of anilines is 1. The summed E-state index contributed by atoms with van der Waals surface area (Å²) in [7, 11) is 0. The van der Waals surface area contributed by atoms with Gasteiger partial charge in [-0.2, -0.15) is 0 Å². The molecule has 2 aromatic carbocycles. The largest absolute Gasteiger partial charge is 0.458 e. The molecule has 3 aliphatic heterocycles. The summed E-state index contributed by atoms with van der Waals surface area (Å²) in [5.74, 6) is 0.473. The Morgan fingerprint density at radius 2 is 1.83 bits per heavy atom. The smallest absolute Gasteiger partial charge is 0.340 e. The van der Waals surface area contributed by atoms with E-state index in [2.05, 4.69) is 11.9 Å². The van der Waals surface area contributed by atoms with E-state index in [-0.39, 0.29) is 30.1 Å². The van der Waals surface area contributed by atoms with E-state index >= 15 is 0 Å². The van der Waals surface area contributed by atoms with E-state index in [0.29, 0.717) is 34.9 Å². The maximum Gasteiger partial charge on any atom is 0.340 e. The average molecular weight is 481 g/mol. The molecule has 2 aromatic heterocycles. The molecule has 2 N–H and O–H groups in total. The second-order valence-electron chi connectivity index (χ2n) is 8.83. The number of fused-ring (bicyclic) bond motifs is 6. The van der Waals surface area contributed by atoms with Gasteiger partial charge in [0.2, 0.25) is 6.79 Å². The van der Waals surface area contributed by atoms with Crippen molar-refractivity contribution in [3.8, 4) is 34.0 Å². The summed E-state index contributed by atoms with van der Waals surface area (Å²) < 4.78 is 17.9. The Hall–Kier alpha value is -4.63. The zero-order valence-electron chi connectivity index (χ0n) is 18.9. The molecule has 178 valence electrons. The van der Waals surface area contributed by atoms with E-state index in [1.54, 1.807) is 16.8 Å². The molecule has 9 nitrogen and oxygen atoms in total. The first-order valence-corrected chi connectivity index (χ1v) is 11.4. The normalized spacial score (nSPS) is 16.8. The number of aliphatic hydroxyl groups is 1. The van der Waals surface area contributed by atoms with Crippen LogP contribution in [0.25, 0.3) is 33.4 Å². The topological polar surface area (TPSA) is 112 Å². The van der Waals surface area contributed by atoms with Gasteiger partial charge in [-0.3, -0.25) is 4.79 Å². The van der Waals surface area contributed by atoms with Gasteiger partial charge in [-0.25, -0.2) is 9.78 Å². The minimum atomic E-state index is -1.50. The summed E-state index contributed by atoms with van der Waals surface area (Å²) in [4.78, 5) is 30.3. The third-order valence-electron chi connectivity index (χ3n) is 6.89. The van der Waals surface area contributed by atoms with Crippen LogP contribution in [0.3, 0.4) is 0 Å². The van der Waals surface area contributed by atoms with Crippen LogP contribution in [0.1, 0.15) is 22.8 Å². The molecule has 3 aliphatic rings. The van der Waals surface area contributed by atoms with Crippen LogP contribution in [-0.2, 0) is 22.7 Å². The molecule has 0 radical (unpaired) electrons. The maximum absolute atomic E-state index is 13.4. The van der Waals surface area contributed by atoms with Gasteiger partial charge in [0.1, 0.15) is 6.61 Å². The van der Waals surface area contributed by atoms with Gasteiger partial charge in [0, 0.05) is 28.3 Å². The summed E-state index contributed by atoms with van der Waals surface area (Å²) in [5.41, 5.74) is 5.73. The van der Waals surface area contributed by atoms with Crippen molar-refractivity contribution in [1.82, 2.24) is 9.55 Å². The number of cyclic esters (lactones) is 1. The number of esters is 1. The lowest BCUT2D eigenvalue weighted by molar-refractivity contribution is -0.157. The average Bonchev–Trinajstić information content (AvgIpc) is 3.49. The highest BCUT2D eigenvalue weighted by Gasteiger charge is 2.35. The first kappa shape index (κ1) is 20.7. The van der Waals surface area contributed by atoms with Gasteiger partial charge in [0.05, 0.1) is 29.0 Å². The molecule has 0 spiro atoms. The lowest BCUT2D eigenvalue weighted by Gasteiger charge is -2.21. The van der Waals surface area contributed by atoms with E-state index in [4.69, 9.17) is 19.2 Å². The molecule has 1 atom stereocenters. The van der Waals surface area contributed by atoms with Crippen LogP contribution in [0.5, 0.6) is 11.5 Å². The Balaban J connectivity index is 1.51. The minimum Gasteiger partial charge on any atom is -0.458 e. The summed E-state index contributed by atoms with van der Waals surface area (Å²) in [6, 6.07) is 13.3. The number of carbonyl (C=O) groups is 1. The molecular formula is C27H19N3O6. The summed E-state index contributed by atoms with van der Waals surface area (Å²) >= 11 is 0. The van der Waals surface area contributed by atoms with Gasteiger partial charge >= 0.3 is 5.97 Å². The van der Waals surface area contributed by atoms with Gasteiger partial charge in [-0.15, -0.1) is 0 Å². The number of hydrogen-bond donors (Lipinski definition) is 2. The SMILES string of the molecule is C=CNc1ccc(-c2c3c(nc4cc5c(cc24)OCO5)-c2cc4c(c(=O)n2C3)COC(=O)[C@H]4O)cc1. The molecule has 7 rings (SSSR count). The zero-order chi connectivity index (χ0) is 24.6. The van der Waals surface area contributed by atoms with Crippen LogP contribution in [0.15, 0.2) is 60.0 Å². The Bertz CT molecular complexity index is 1690. The Kier molecular flexibility index (Phi) is 4.28. The highest BCUT2D eigenvalue weighted by molar-refractivity contribution is 6.01. The predicted octanol–water partition coefficient (Wildman–Crippen LogP) is 3.47. The van der Waals surface area contributed by atoms with E-state index in [1.807, 2.05) is 36.4 Å². The molecule has 0 saturated carbocycles. The van der Waals surface area contributed by atoms with Gasteiger partial charge in [-0.05, 0) is 41.6 Å². The number of ether oxygens (including phenoxy) is 3. The van der Waals surface area contributed by atoms with Crippen LogP contribution in [0.4, 0.5) is 5.69 Å². The molecule has 0 saturated heterocycles. The number of rotatable bonds is 3. The number of nitrogens with one attached hydrogen (secondary N) is 1. The highest BCUT2D eigenvalue weighted by atomic mass is 16.7. The fourth-order valence-electron chi connectivity index (χ4n) is 5.20. The minimum absolute atomic E-state index is 0.140. The fourth-order valence-corrected chi connectivity index (χ4v) is 5.20. The summed E-state index contributed by atoms with van der Waals surface area (Å²) in [5, 5.41) is 14.4. The molecule has 5 heterocycles. The first-order valence-electron chi connectivity index (χ1n) is 11.4. The van der Waals surface area contributed by atoms with Crippen LogP contribution in [0.2, 0.25) is 0 Å². The molecule has 0 amide bonds. The molecule has 0 unspecified atom stereocenters. The van der Waals surface area contributed by atoms with E-state index in [0.717, 1.165) is 27.8 Å². The molecule has 0 fully saturated rings. The molecule has 4 aromatic rings. The van der Waals surface area contributed by atoms with Crippen molar-refractivity contribution in [2.75, 3.05) is 12.1 Å². The number of nitrogens with zero attached hydrogens (tertiary/aromatic N) is 2. The first-order chi connectivity index (χ1) is 17.5. The second kappa shape index (κ2) is 7.43. The van der Waals surface area contributed by atoms with Gasteiger partial charge < -0.3 is 29.2 Å². The monoisotopic (exact) mass is 481 g/mol. The maximum atomic E-state index is 13.4. The van der Waals surface area contributed by atoms with Gasteiger partial charge in [-0.1, -0.05) is 18.7 Å². The molecular weight excluding hydrogens is 462 g/mol. The Labute approximate surface area is 204 Å². The van der Waals surface area contributed by atoms with Crippen molar-refractivity contribution >= 4 is 22.6 Å². The van der Waals surface area contributed by atoms with E-state index < -0.39 is 12.1 Å². The third kappa shape index (κ3) is 2.83. The van der Waals surface area contributed by atoms with Crippen molar-refractivity contribution in [2.24, 2.45) is 0 Å². The Morgan fingerprint density at radius 1 is 1.06 bits per heavy atom. The van der Waals surface area contributed by atoms with Crippen LogP contribution < -0.4 is 20.3 Å². The number of aliphatic hydroxyl groups excluding tert-OH is 1. The number of pyridine rings is 2. The number of hydrogen-bond acceptors (Lipinski definition) is 8. The third-order valence-corrected chi connectivity index (χ3v) is 6.89. The van der Waals surface area contributed by atoms with E-state index in [1.165, 1.54) is 0 Å². The van der Waals surface area contributed by atoms with Crippen molar-refractivity contribution in [3.63, 3.8) is 0 Å². The Morgan fingerprint density at radius 3 is 2.61 bits per heavy atom. The van der Waals surface area contributed by atoms with Crippen LogP contribution in [-0.4, -0.2) is 27.4 Å². The van der Waals surface area contributed by atoms with Crippen molar-refractivity contribution in [2.45, 2.75) is 19.3 Å². The number of aromatic nitrogens is 2.